The van der Waals surface area contributed by atoms with Crippen molar-refractivity contribution in [1.82, 2.24) is 9.78 Å². The highest BCUT2D eigenvalue weighted by Crippen LogP contribution is 2.23. The Kier molecular flexibility index (Phi) is 4.66. The van der Waals surface area contributed by atoms with E-state index in [9.17, 15) is 0 Å². The number of benzene rings is 1. The minimum Gasteiger partial charge on any atom is -0.485 e. The van der Waals surface area contributed by atoms with E-state index in [2.05, 4.69) is 18.9 Å². The molecule has 0 fully saturated rings. The average Bonchev–Trinajstić information content (AvgIpc) is 2.90. The summed E-state index contributed by atoms with van der Waals surface area (Å²) in [7, 11) is 0. The Morgan fingerprint density at radius 1 is 1.25 bits per heavy atom. The smallest absolute Gasteiger partial charge is 0.143 e. The van der Waals surface area contributed by atoms with Crippen molar-refractivity contribution >= 4 is 5.69 Å². The lowest BCUT2D eigenvalue weighted by molar-refractivity contribution is 0.298. The second-order valence-electron chi connectivity index (χ2n) is 5.09. The molecule has 1 heterocycles. The van der Waals surface area contributed by atoms with Crippen LogP contribution in [-0.2, 0) is 6.61 Å². The zero-order valence-corrected chi connectivity index (χ0v) is 12.5. The lowest BCUT2D eigenvalue weighted by atomic mass is 10.2. The fourth-order valence-corrected chi connectivity index (χ4v) is 2.24. The number of hydrogen-bond acceptors (Lipinski definition) is 3. The van der Waals surface area contributed by atoms with Crippen molar-refractivity contribution < 1.29 is 4.74 Å². The Morgan fingerprint density at radius 3 is 2.70 bits per heavy atom. The van der Waals surface area contributed by atoms with Crippen molar-refractivity contribution in [1.29, 1.82) is 0 Å². The highest BCUT2D eigenvalue weighted by atomic mass is 16.5. The number of hydrogen-bond donors (Lipinski definition) is 1. The van der Waals surface area contributed by atoms with Crippen molar-refractivity contribution in [3.8, 4) is 5.75 Å². The molecule has 2 aromatic rings. The first-order valence-corrected chi connectivity index (χ1v) is 7.17. The molecule has 2 rings (SSSR count). The summed E-state index contributed by atoms with van der Waals surface area (Å²) in [6, 6.07) is 8.27. The number of nitrogens with two attached hydrogens (primary N) is 1. The number of anilines is 1. The van der Waals surface area contributed by atoms with Crippen LogP contribution in [0.1, 0.15) is 44.0 Å². The molecule has 0 aliphatic heterocycles. The van der Waals surface area contributed by atoms with Crippen LogP contribution in [0, 0.1) is 6.92 Å². The van der Waals surface area contributed by atoms with Crippen LogP contribution >= 0.6 is 0 Å². The minimum atomic E-state index is 0.445. The lowest BCUT2D eigenvalue weighted by Crippen LogP contribution is -2.08. The molecule has 20 heavy (non-hydrogen) atoms. The standard InChI is InChI=1S/C16H23N3O/c1-4-14(5-2)19-9-8-13(18-19)11-20-16-10-12(3)6-7-15(16)17/h6-10,14H,4-5,11,17H2,1-3H3. The highest BCUT2D eigenvalue weighted by molar-refractivity contribution is 5.53. The van der Waals surface area contributed by atoms with Crippen LogP contribution in [0.15, 0.2) is 30.5 Å². The van der Waals surface area contributed by atoms with Gasteiger partial charge in [0.1, 0.15) is 12.4 Å². The fourth-order valence-electron chi connectivity index (χ4n) is 2.24. The first-order chi connectivity index (χ1) is 9.63. The van der Waals surface area contributed by atoms with E-state index in [0.29, 0.717) is 18.3 Å². The summed E-state index contributed by atoms with van der Waals surface area (Å²) in [5, 5.41) is 4.57. The van der Waals surface area contributed by atoms with Gasteiger partial charge in [0.15, 0.2) is 0 Å². The molecule has 0 aliphatic carbocycles. The van der Waals surface area contributed by atoms with Gasteiger partial charge in [-0.1, -0.05) is 19.9 Å². The molecule has 2 N–H and O–H groups in total. The predicted molar refractivity (Wildman–Crippen MR) is 81.8 cm³/mol. The zero-order chi connectivity index (χ0) is 14.5. The lowest BCUT2D eigenvalue weighted by Gasteiger charge is -2.12. The van der Waals surface area contributed by atoms with Gasteiger partial charge in [-0.3, -0.25) is 4.68 Å². The van der Waals surface area contributed by atoms with Gasteiger partial charge in [-0.05, 0) is 43.5 Å². The number of nitrogen functional groups attached to an aromatic ring is 1. The Morgan fingerprint density at radius 2 is 2.00 bits per heavy atom. The van der Waals surface area contributed by atoms with Gasteiger partial charge >= 0.3 is 0 Å². The van der Waals surface area contributed by atoms with Crippen molar-refractivity contribution in [2.75, 3.05) is 5.73 Å². The summed E-state index contributed by atoms with van der Waals surface area (Å²) in [4.78, 5) is 0. The fraction of sp³-hybridized carbons (Fsp3) is 0.438. The summed E-state index contributed by atoms with van der Waals surface area (Å²) in [6.07, 6.45) is 4.20. The molecule has 108 valence electrons. The maximum atomic E-state index is 5.90. The van der Waals surface area contributed by atoms with E-state index in [1.807, 2.05) is 42.1 Å². The van der Waals surface area contributed by atoms with Gasteiger partial charge < -0.3 is 10.5 Å². The molecule has 0 saturated carbocycles. The molecule has 0 amide bonds. The van der Waals surface area contributed by atoms with Crippen LogP contribution in [0.4, 0.5) is 5.69 Å². The van der Waals surface area contributed by atoms with Crippen LogP contribution in [0.5, 0.6) is 5.75 Å². The number of aryl methyl sites for hydroxylation is 1. The Labute approximate surface area is 120 Å². The molecule has 4 heteroatoms. The largest absolute Gasteiger partial charge is 0.485 e. The average molecular weight is 273 g/mol. The first-order valence-electron chi connectivity index (χ1n) is 7.17. The molecule has 1 aromatic carbocycles. The maximum absolute atomic E-state index is 5.90. The molecular formula is C16H23N3O. The number of nitrogens with zero attached hydrogens (tertiary/aromatic N) is 2. The van der Waals surface area contributed by atoms with E-state index < -0.39 is 0 Å². The monoisotopic (exact) mass is 273 g/mol. The topological polar surface area (TPSA) is 53.1 Å². The third-order valence-electron chi connectivity index (χ3n) is 3.52. The van der Waals surface area contributed by atoms with Crippen LogP contribution in [0.3, 0.4) is 0 Å². The predicted octanol–water partition coefficient (Wildman–Crippen LogP) is 3.71. The first kappa shape index (κ1) is 14.4. The Bertz CT molecular complexity index is 559. The SMILES string of the molecule is CCC(CC)n1ccc(COc2cc(C)ccc2N)n1. The van der Waals surface area contributed by atoms with E-state index >= 15 is 0 Å². The van der Waals surface area contributed by atoms with Crippen LogP contribution in [-0.4, -0.2) is 9.78 Å². The van der Waals surface area contributed by atoms with Gasteiger partial charge in [0.05, 0.1) is 17.4 Å². The van der Waals surface area contributed by atoms with Crippen LogP contribution in [0.2, 0.25) is 0 Å². The number of aromatic nitrogens is 2. The molecule has 4 nitrogen and oxygen atoms in total. The molecule has 0 aliphatic rings. The van der Waals surface area contributed by atoms with Crippen molar-refractivity contribution in [3.05, 3.63) is 41.7 Å². The van der Waals surface area contributed by atoms with Crippen LogP contribution < -0.4 is 10.5 Å². The van der Waals surface area contributed by atoms with E-state index in [4.69, 9.17) is 10.5 Å². The second kappa shape index (κ2) is 6.46. The van der Waals surface area contributed by atoms with E-state index in [0.717, 1.165) is 29.8 Å². The van der Waals surface area contributed by atoms with Gasteiger partial charge in [0.25, 0.3) is 0 Å². The molecular weight excluding hydrogens is 250 g/mol. The third-order valence-corrected chi connectivity index (χ3v) is 3.52. The molecule has 1 aromatic heterocycles. The molecule has 0 saturated heterocycles. The summed E-state index contributed by atoms with van der Waals surface area (Å²) in [6.45, 7) is 6.83. The minimum absolute atomic E-state index is 0.445. The molecule has 0 radical (unpaired) electrons. The van der Waals surface area contributed by atoms with Gasteiger partial charge in [0, 0.05) is 6.20 Å². The summed E-state index contributed by atoms with van der Waals surface area (Å²) in [5.74, 6) is 0.724. The zero-order valence-electron chi connectivity index (χ0n) is 12.5. The summed E-state index contributed by atoms with van der Waals surface area (Å²) < 4.78 is 7.79. The third kappa shape index (κ3) is 3.32. The highest BCUT2D eigenvalue weighted by Gasteiger charge is 2.08. The van der Waals surface area contributed by atoms with E-state index in [-0.39, 0.29) is 0 Å². The number of rotatable bonds is 6. The second-order valence-corrected chi connectivity index (χ2v) is 5.09. The summed E-state index contributed by atoms with van der Waals surface area (Å²) in [5.41, 5.74) is 8.63. The molecule has 0 spiro atoms. The Hall–Kier alpha value is -1.97. The normalized spacial score (nSPS) is 11.0. The maximum Gasteiger partial charge on any atom is 0.143 e. The molecule has 0 bridgehead atoms. The number of ether oxygens (including phenoxy) is 1. The van der Waals surface area contributed by atoms with E-state index in [1.165, 1.54) is 0 Å². The summed E-state index contributed by atoms with van der Waals surface area (Å²) >= 11 is 0. The van der Waals surface area contributed by atoms with Gasteiger partial charge in [0.2, 0.25) is 0 Å². The van der Waals surface area contributed by atoms with E-state index in [1.54, 1.807) is 0 Å². The molecule has 0 atom stereocenters. The van der Waals surface area contributed by atoms with Crippen LogP contribution in [0.25, 0.3) is 0 Å². The van der Waals surface area contributed by atoms with Crippen molar-refractivity contribution in [2.24, 2.45) is 0 Å². The Balaban J connectivity index is 2.02. The van der Waals surface area contributed by atoms with Gasteiger partial charge in [-0.15, -0.1) is 0 Å². The van der Waals surface area contributed by atoms with Gasteiger partial charge in [-0.25, -0.2) is 0 Å². The quantitative estimate of drug-likeness (QED) is 0.816. The van der Waals surface area contributed by atoms with Gasteiger partial charge in [-0.2, -0.15) is 5.10 Å². The van der Waals surface area contributed by atoms with Crippen molar-refractivity contribution in [3.63, 3.8) is 0 Å². The molecule has 0 unspecified atom stereocenters. The van der Waals surface area contributed by atoms with Crippen molar-refractivity contribution in [2.45, 2.75) is 46.3 Å².